The van der Waals surface area contributed by atoms with Crippen molar-refractivity contribution < 1.29 is 9.84 Å². The molecule has 0 heterocycles. The molecule has 0 aliphatic carbocycles. The van der Waals surface area contributed by atoms with Crippen molar-refractivity contribution in [3.05, 3.63) is 126 Å². The van der Waals surface area contributed by atoms with E-state index in [2.05, 4.69) is 6.58 Å². The first-order valence-corrected chi connectivity index (χ1v) is 9.09. The first kappa shape index (κ1) is 18.7. The zero-order valence-electron chi connectivity index (χ0n) is 15.3. The van der Waals surface area contributed by atoms with Gasteiger partial charge in [-0.3, -0.25) is 0 Å². The highest BCUT2D eigenvalue weighted by Crippen LogP contribution is 2.37. The van der Waals surface area contributed by atoms with Crippen molar-refractivity contribution in [2.24, 2.45) is 0 Å². The van der Waals surface area contributed by atoms with Crippen LogP contribution in [-0.2, 0) is 5.60 Å². The van der Waals surface area contributed by atoms with Crippen molar-refractivity contribution in [1.82, 2.24) is 0 Å². The molecule has 136 valence electrons. The van der Waals surface area contributed by atoms with Crippen LogP contribution in [0.15, 0.2) is 110 Å². The zero-order valence-corrected chi connectivity index (χ0v) is 15.3. The molecule has 0 fully saturated rings. The number of rotatable bonds is 8. The van der Waals surface area contributed by atoms with Crippen LogP contribution in [0.1, 0.15) is 23.1 Å². The minimum atomic E-state index is -1.21. The molecule has 3 aromatic carbocycles. The second kappa shape index (κ2) is 9.02. The van der Waals surface area contributed by atoms with Crippen LogP contribution in [0.5, 0.6) is 5.75 Å². The van der Waals surface area contributed by atoms with Crippen LogP contribution in [0.2, 0.25) is 0 Å². The minimum absolute atomic E-state index is 0.603. The summed E-state index contributed by atoms with van der Waals surface area (Å²) in [6.07, 6.45) is 6.51. The van der Waals surface area contributed by atoms with Crippen LogP contribution >= 0.6 is 0 Å². The van der Waals surface area contributed by atoms with E-state index >= 15 is 0 Å². The Morgan fingerprint density at radius 3 is 1.81 bits per heavy atom. The summed E-state index contributed by atoms with van der Waals surface area (Å²) < 4.78 is 5.76. The van der Waals surface area contributed by atoms with Crippen molar-refractivity contribution in [3.63, 3.8) is 0 Å². The van der Waals surface area contributed by atoms with E-state index in [1.165, 1.54) is 0 Å². The number of hydrogen-bond acceptors (Lipinski definition) is 2. The Balaban J connectivity index is 1.88. The monoisotopic (exact) mass is 356 g/mol. The molecule has 0 aliphatic heterocycles. The van der Waals surface area contributed by atoms with Gasteiger partial charge >= 0.3 is 0 Å². The number of ether oxygens (including phenoxy) is 1. The average Bonchev–Trinajstić information content (AvgIpc) is 2.75. The molecule has 0 spiro atoms. The van der Waals surface area contributed by atoms with Gasteiger partial charge in [-0.1, -0.05) is 97.6 Å². The lowest BCUT2D eigenvalue weighted by molar-refractivity contribution is 0.125. The van der Waals surface area contributed by atoms with E-state index in [9.17, 15) is 5.11 Å². The molecular formula is C25H24O2. The molecule has 1 N–H and O–H groups in total. The first-order valence-electron chi connectivity index (χ1n) is 9.09. The summed E-state index contributed by atoms with van der Waals surface area (Å²) in [7, 11) is 0. The summed E-state index contributed by atoms with van der Waals surface area (Å²) in [6.45, 7) is 4.25. The molecule has 0 unspecified atom stereocenters. The fourth-order valence-electron chi connectivity index (χ4n) is 3.09. The van der Waals surface area contributed by atoms with Crippen LogP contribution in [0.4, 0.5) is 0 Å². The number of benzene rings is 3. The van der Waals surface area contributed by atoms with Crippen molar-refractivity contribution in [2.45, 2.75) is 12.0 Å². The van der Waals surface area contributed by atoms with Crippen molar-refractivity contribution in [3.8, 4) is 5.75 Å². The van der Waals surface area contributed by atoms with Crippen LogP contribution in [0, 0.1) is 0 Å². The molecule has 27 heavy (non-hydrogen) atoms. The average molecular weight is 356 g/mol. The lowest BCUT2D eigenvalue weighted by Crippen LogP contribution is -2.28. The third-order valence-electron chi connectivity index (χ3n) is 4.48. The number of hydrogen-bond donors (Lipinski definition) is 1. The van der Waals surface area contributed by atoms with E-state index in [0.717, 1.165) is 28.9 Å². The Kier molecular flexibility index (Phi) is 6.24. The molecule has 3 aromatic rings. The molecule has 0 saturated heterocycles. The largest absolute Gasteiger partial charge is 0.493 e. The maximum absolute atomic E-state index is 11.7. The van der Waals surface area contributed by atoms with Gasteiger partial charge in [0, 0.05) is 0 Å². The number of aliphatic hydroxyl groups is 1. The third-order valence-corrected chi connectivity index (χ3v) is 4.48. The molecular weight excluding hydrogens is 332 g/mol. The summed E-state index contributed by atoms with van der Waals surface area (Å²) in [5.74, 6) is 0.786. The summed E-state index contributed by atoms with van der Waals surface area (Å²) in [5, 5.41) is 11.7. The van der Waals surface area contributed by atoms with Crippen LogP contribution in [-0.4, -0.2) is 11.7 Å². The van der Waals surface area contributed by atoms with Gasteiger partial charge in [0.1, 0.15) is 11.4 Å². The van der Waals surface area contributed by atoms with Gasteiger partial charge in [-0.15, -0.1) is 0 Å². The van der Waals surface area contributed by atoms with Gasteiger partial charge in [0.05, 0.1) is 6.61 Å². The Bertz CT molecular complexity index is 826. The molecule has 0 aromatic heterocycles. The predicted octanol–water partition coefficient (Wildman–Crippen LogP) is 5.48. The highest BCUT2D eigenvalue weighted by molar-refractivity contribution is 5.47. The van der Waals surface area contributed by atoms with E-state index in [4.69, 9.17) is 4.74 Å². The van der Waals surface area contributed by atoms with Gasteiger partial charge in [-0.25, -0.2) is 0 Å². The van der Waals surface area contributed by atoms with Crippen LogP contribution < -0.4 is 4.74 Å². The van der Waals surface area contributed by atoms with E-state index in [1.54, 1.807) is 6.08 Å². The minimum Gasteiger partial charge on any atom is -0.493 e. The van der Waals surface area contributed by atoms with E-state index < -0.39 is 5.60 Å². The van der Waals surface area contributed by atoms with E-state index in [1.807, 2.05) is 97.1 Å². The highest BCUT2D eigenvalue weighted by atomic mass is 16.5. The van der Waals surface area contributed by atoms with Gasteiger partial charge in [0.2, 0.25) is 0 Å². The van der Waals surface area contributed by atoms with Crippen LogP contribution in [0.25, 0.3) is 0 Å². The maximum Gasteiger partial charge on any atom is 0.140 e. The molecule has 0 radical (unpaired) electrons. The van der Waals surface area contributed by atoms with Crippen molar-refractivity contribution in [2.75, 3.05) is 6.61 Å². The second-order valence-electron chi connectivity index (χ2n) is 6.27. The Morgan fingerprint density at radius 1 is 0.778 bits per heavy atom. The molecule has 0 aliphatic rings. The SMILES string of the molecule is C=CC=CCCOc1ccc(C(O)(c2ccccc2)c2ccccc2)cc1. The Hall–Kier alpha value is -3.10. The molecule has 2 heteroatoms. The first-order chi connectivity index (χ1) is 13.2. The van der Waals surface area contributed by atoms with Gasteiger partial charge in [-0.05, 0) is 35.2 Å². The fourth-order valence-corrected chi connectivity index (χ4v) is 3.09. The lowest BCUT2D eigenvalue weighted by atomic mass is 9.80. The highest BCUT2D eigenvalue weighted by Gasteiger charge is 2.33. The molecule has 0 bridgehead atoms. The molecule has 2 nitrogen and oxygen atoms in total. The van der Waals surface area contributed by atoms with Gasteiger partial charge in [0.15, 0.2) is 0 Å². The van der Waals surface area contributed by atoms with E-state index in [-0.39, 0.29) is 0 Å². The topological polar surface area (TPSA) is 29.5 Å². The number of allylic oxidation sites excluding steroid dienone is 2. The van der Waals surface area contributed by atoms with Gasteiger partial charge < -0.3 is 9.84 Å². The molecule has 3 rings (SSSR count). The van der Waals surface area contributed by atoms with Crippen LogP contribution in [0.3, 0.4) is 0 Å². The molecule has 0 amide bonds. The fraction of sp³-hybridized carbons (Fsp3) is 0.120. The lowest BCUT2D eigenvalue weighted by Gasteiger charge is -2.30. The standard InChI is InChI=1S/C25H24O2/c1-2-3-4-11-20-27-24-18-16-23(17-19-24)25(26,21-12-7-5-8-13-21)22-14-9-6-10-15-22/h2-10,12-19,26H,1,11,20H2. The van der Waals surface area contributed by atoms with Gasteiger partial charge in [-0.2, -0.15) is 0 Å². The maximum atomic E-state index is 11.7. The Morgan fingerprint density at radius 2 is 1.30 bits per heavy atom. The van der Waals surface area contributed by atoms with Crippen molar-refractivity contribution in [1.29, 1.82) is 0 Å². The van der Waals surface area contributed by atoms with Gasteiger partial charge in [0.25, 0.3) is 0 Å². The quantitative estimate of drug-likeness (QED) is 0.329. The molecule has 0 saturated carbocycles. The Labute approximate surface area is 161 Å². The second-order valence-corrected chi connectivity index (χ2v) is 6.27. The van der Waals surface area contributed by atoms with Crippen molar-refractivity contribution >= 4 is 0 Å². The summed E-state index contributed by atoms with van der Waals surface area (Å²) >= 11 is 0. The van der Waals surface area contributed by atoms with E-state index in [0.29, 0.717) is 6.61 Å². The smallest absolute Gasteiger partial charge is 0.140 e. The predicted molar refractivity (Wildman–Crippen MR) is 111 cm³/mol. The normalized spacial score (nSPS) is 11.4. The summed E-state index contributed by atoms with van der Waals surface area (Å²) in [4.78, 5) is 0. The summed E-state index contributed by atoms with van der Waals surface area (Å²) in [6, 6.07) is 27.1. The third kappa shape index (κ3) is 4.36. The zero-order chi connectivity index (χ0) is 19.0. The summed E-state index contributed by atoms with van der Waals surface area (Å²) in [5.41, 5.74) is 1.26. The molecule has 0 atom stereocenters.